The van der Waals surface area contributed by atoms with Crippen LogP contribution in [0.25, 0.3) is 0 Å². The van der Waals surface area contributed by atoms with Crippen LogP contribution < -0.4 is 5.32 Å². The molecule has 1 aromatic heterocycles. The van der Waals surface area contributed by atoms with Gasteiger partial charge in [-0.2, -0.15) is 0 Å². The van der Waals surface area contributed by atoms with Gasteiger partial charge in [-0.1, -0.05) is 65.6 Å². The van der Waals surface area contributed by atoms with Gasteiger partial charge in [0, 0.05) is 17.9 Å². The Morgan fingerprint density at radius 1 is 1.12 bits per heavy atom. The molecule has 26 heavy (non-hydrogen) atoms. The van der Waals surface area contributed by atoms with Crippen LogP contribution in [-0.4, -0.2) is 21.0 Å². The molecule has 2 aromatic carbocycles. The first-order chi connectivity index (χ1) is 12.6. The first-order valence-corrected chi connectivity index (χ1v) is 9.44. The summed E-state index contributed by atoms with van der Waals surface area (Å²) in [5.74, 6) is 0.386. The van der Waals surface area contributed by atoms with Gasteiger partial charge in [0.2, 0.25) is 11.0 Å². The van der Waals surface area contributed by atoms with Crippen molar-refractivity contribution in [1.82, 2.24) is 10.2 Å². The minimum atomic E-state index is -0.417. The summed E-state index contributed by atoms with van der Waals surface area (Å²) in [6, 6.07) is 15.9. The quantitative estimate of drug-likeness (QED) is 0.286. The van der Waals surface area contributed by atoms with E-state index in [2.05, 4.69) is 15.5 Å². The number of anilines is 1. The van der Waals surface area contributed by atoms with E-state index in [0.717, 1.165) is 11.1 Å². The summed E-state index contributed by atoms with van der Waals surface area (Å²) in [6.45, 7) is 0. The lowest BCUT2D eigenvalue weighted by atomic mass is 10.1. The van der Waals surface area contributed by atoms with Gasteiger partial charge in [-0.3, -0.25) is 14.9 Å². The highest BCUT2D eigenvalue weighted by molar-refractivity contribution is 8.00. The Balaban J connectivity index is 1.54. The van der Waals surface area contributed by atoms with Crippen molar-refractivity contribution in [2.24, 2.45) is 0 Å². The van der Waals surface area contributed by atoms with Crippen molar-refractivity contribution < 1.29 is 9.72 Å². The predicted octanol–water partition coefficient (Wildman–Crippen LogP) is 3.92. The highest BCUT2D eigenvalue weighted by atomic mass is 32.2. The fourth-order valence-electron chi connectivity index (χ4n) is 2.17. The monoisotopic (exact) mass is 386 g/mol. The summed E-state index contributed by atoms with van der Waals surface area (Å²) in [5, 5.41) is 22.0. The molecule has 0 saturated carbocycles. The molecule has 0 aliphatic rings. The van der Waals surface area contributed by atoms with Crippen LogP contribution >= 0.6 is 23.1 Å². The lowest BCUT2D eigenvalue weighted by Gasteiger charge is -2.01. The van der Waals surface area contributed by atoms with Crippen molar-refractivity contribution in [2.45, 2.75) is 16.5 Å². The van der Waals surface area contributed by atoms with E-state index < -0.39 is 4.92 Å². The molecule has 1 amide bonds. The molecule has 9 heteroatoms. The van der Waals surface area contributed by atoms with Crippen molar-refractivity contribution in [3.63, 3.8) is 0 Å². The number of hydrogen-bond acceptors (Lipinski definition) is 7. The number of carbonyl (C=O) groups excluding carboxylic acids is 1. The van der Waals surface area contributed by atoms with Crippen molar-refractivity contribution in [3.8, 4) is 0 Å². The van der Waals surface area contributed by atoms with E-state index >= 15 is 0 Å². The molecule has 0 fully saturated rings. The van der Waals surface area contributed by atoms with Gasteiger partial charge >= 0.3 is 0 Å². The minimum absolute atomic E-state index is 0.0641. The van der Waals surface area contributed by atoms with Crippen LogP contribution in [-0.2, 0) is 17.0 Å². The molecular formula is C17H14N4O3S2. The number of rotatable bonds is 7. The van der Waals surface area contributed by atoms with Crippen LogP contribution in [0.15, 0.2) is 58.9 Å². The topological polar surface area (TPSA) is 98.0 Å². The second-order valence-electron chi connectivity index (χ2n) is 5.30. The summed E-state index contributed by atoms with van der Waals surface area (Å²) in [4.78, 5) is 22.4. The Bertz CT molecular complexity index is 915. The van der Waals surface area contributed by atoms with E-state index in [1.807, 2.05) is 36.4 Å². The molecule has 0 aliphatic heterocycles. The number of nitrogens with zero attached hydrogens (tertiary/aromatic N) is 3. The van der Waals surface area contributed by atoms with E-state index in [1.165, 1.54) is 35.2 Å². The smallest absolute Gasteiger partial charge is 0.269 e. The first kappa shape index (κ1) is 18.0. The predicted molar refractivity (Wildman–Crippen MR) is 101 cm³/mol. The molecule has 0 aliphatic carbocycles. The molecule has 0 bridgehead atoms. The Hall–Kier alpha value is -2.78. The van der Waals surface area contributed by atoms with Crippen LogP contribution in [0.4, 0.5) is 10.8 Å². The second kappa shape index (κ2) is 8.54. The molecule has 0 unspecified atom stereocenters. The molecule has 0 radical (unpaired) electrons. The van der Waals surface area contributed by atoms with Gasteiger partial charge in [-0.25, -0.2) is 0 Å². The molecule has 0 spiro atoms. The lowest BCUT2D eigenvalue weighted by Crippen LogP contribution is -2.14. The third-order valence-electron chi connectivity index (χ3n) is 3.34. The van der Waals surface area contributed by atoms with E-state index in [-0.39, 0.29) is 18.0 Å². The van der Waals surface area contributed by atoms with Gasteiger partial charge in [0.1, 0.15) is 0 Å². The molecule has 0 atom stereocenters. The van der Waals surface area contributed by atoms with Crippen molar-refractivity contribution in [3.05, 3.63) is 75.8 Å². The van der Waals surface area contributed by atoms with Crippen LogP contribution in [0.1, 0.15) is 11.1 Å². The fourth-order valence-corrected chi connectivity index (χ4v) is 3.88. The molecular weight excluding hydrogens is 372 g/mol. The summed E-state index contributed by atoms with van der Waals surface area (Å²) in [7, 11) is 0. The molecule has 3 aromatic rings. The zero-order valence-corrected chi connectivity index (χ0v) is 15.1. The van der Waals surface area contributed by atoms with Gasteiger partial charge in [-0.15, -0.1) is 10.2 Å². The van der Waals surface area contributed by atoms with Gasteiger partial charge in [0.05, 0.1) is 11.3 Å². The molecule has 7 nitrogen and oxygen atoms in total. The highest BCUT2D eigenvalue weighted by Gasteiger charge is 2.11. The lowest BCUT2D eigenvalue weighted by molar-refractivity contribution is -0.384. The number of nitro groups is 1. The average molecular weight is 386 g/mol. The Morgan fingerprint density at radius 2 is 1.88 bits per heavy atom. The number of aromatic nitrogens is 2. The fraction of sp³-hybridized carbons (Fsp3) is 0.118. The van der Waals surface area contributed by atoms with Crippen molar-refractivity contribution in [2.75, 3.05) is 5.32 Å². The Morgan fingerprint density at radius 3 is 2.65 bits per heavy atom. The van der Waals surface area contributed by atoms with Crippen molar-refractivity contribution >= 4 is 39.8 Å². The maximum Gasteiger partial charge on any atom is 0.269 e. The molecule has 132 valence electrons. The van der Waals surface area contributed by atoms with Gasteiger partial charge < -0.3 is 5.32 Å². The third-order valence-corrected chi connectivity index (χ3v) is 5.39. The molecule has 0 saturated heterocycles. The SMILES string of the molecule is O=C(Cc1ccccc1)Nc1nnc(SCc2cccc([N+](=O)[O-])c2)s1. The highest BCUT2D eigenvalue weighted by Crippen LogP contribution is 2.29. The van der Waals surface area contributed by atoms with Crippen LogP contribution in [0.2, 0.25) is 0 Å². The Labute approximate surface area is 157 Å². The number of non-ortho nitro benzene ring substituents is 1. The average Bonchev–Trinajstić information content (AvgIpc) is 3.08. The van der Waals surface area contributed by atoms with E-state index in [1.54, 1.807) is 6.07 Å². The van der Waals surface area contributed by atoms with E-state index in [0.29, 0.717) is 15.2 Å². The summed E-state index contributed by atoms with van der Waals surface area (Å²) < 4.78 is 0.687. The zero-order chi connectivity index (χ0) is 18.4. The van der Waals surface area contributed by atoms with Gasteiger partial charge in [0.15, 0.2) is 4.34 Å². The molecule has 1 N–H and O–H groups in total. The number of amides is 1. The first-order valence-electron chi connectivity index (χ1n) is 7.63. The molecule has 3 rings (SSSR count). The zero-order valence-electron chi connectivity index (χ0n) is 13.5. The van der Waals surface area contributed by atoms with Crippen LogP contribution in [0, 0.1) is 10.1 Å². The Kier molecular flexibility index (Phi) is 5.92. The van der Waals surface area contributed by atoms with E-state index in [4.69, 9.17) is 0 Å². The summed E-state index contributed by atoms with van der Waals surface area (Å²) in [5.41, 5.74) is 1.82. The largest absolute Gasteiger partial charge is 0.300 e. The number of nitrogens with one attached hydrogen (secondary N) is 1. The summed E-state index contributed by atoms with van der Waals surface area (Å²) in [6.07, 6.45) is 0.274. The number of hydrogen-bond donors (Lipinski definition) is 1. The normalized spacial score (nSPS) is 10.5. The number of benzene rings is 2. The second-order valence-corrected chi connectivity index (χ2v) is 7.50. The van der Waals surface area contributed by atoms with E-state index in [9.17, 15) is 14.9 Å². The minimum Gasteiger partial charge on any atom is -0.300 e. The maximum absolute atomic E-state index is 12.0. The van der Waals surface area contributed by atoms with Crippen molar-refractivity contribution in [1.29, 1.82) is 0 Å². The van der Waals surface area contributed by atoms with Crippen LogP contribution in [0.3, 0.4) is 0 Å². The molecule has 1 heterocycles. The maximum atomic E-state index is 12.0. The summed E-state index contributed by atoms with van der Waals surface area (Å²) >= 11 is 2.69. The number of thioether (sulfide) groups is 1. The van der Waals surface area contributed by atoms with Gasteiger partial charge in [0.25, 0.3) is 5.69 Å². The number of nitro benzene ring substituents is 1. The number of carbonyl (C=O) groups is 1. The van der Waals surface area contributed by atoms with Crippen LogP contribution in [0.5, 0.6) is 0 Å². The third kappa shape index (κ3) is 5.11. The standard InChI is InChI=1S/C17H14N4O3S2/c22-15(10-12-5-2-1-3-6-12)18-16-19-20-17(26-16)25-11-13-7-4-8-14(9-13)21(23)24/h1-9H,10-11H2,(H,18,19,22). The van der Waals surface area contributed by atoms with Gasteiger partial charge in [-0.05, 0) is 11.1 Å².